The van der Waals surface area contributed by atoms with Gasteiger partial charge in [0, 0.05) is 32.5 Å². The van der Waals surface area contributed by atoms with Gasteiger partial charge in [-0.2, -0.15) is 0 Å². The van der Waals surface area contributed by atoms with E-state index in [1.807, 2.05) is 13.8 Å². The van der Waals surface area contributed by atoms with E-state index < -0.39 is 35.7 Å². The maximum absolute atomic E-state index is 14.9. The van der Waals surface area contributed by atoms with Gasteiger partial charge in [-0.05, 0) is 51.3 Å². The summed E-state index contributed by atoms with van der Waals surface area (Å²) < 4.78 is 23.2. The molecule has 1 N–H and O–H groups in total. The Bertz CT molecular complexity index is 1180. The molecule has 0 aliphatic carbocycles. The second kappa shape index (κ2) is 10.2. The molecule has 0 spiro atoms. The Morgan fingerprint density at radius 2 is 1.80 bits per heavy atom. The van der Waals surface area contributed by atoms with E-state index in [1.165, 1.54) is 14.0 Å². The zero-order valence-electron chi connectivity index (χ0n) is 21.3. The van der Waals surface area contributed by atoms with E-state index in [1.54, 1.807) is 46.0 Å². The quantitative estimate of drug-likeness (QED) is 0.650. The Kier molecular flexibility index (Phi) is 7.71. The lowest BCUT2D eigenvalue weighted by molar-refractivity contribution is -0.135. The van der Waals surface area contributed by atoms with Crippen LogP contribution in [0.2, 0.25) is 0 Å². The maximum atomic E-state index is 14.9. The number of carbonyl (C=O) groups is 3. The third-order valence-corrected chi connectivity index (χ3v) is 6.24. The summed E-state index contributed by atoms with van der Waals surface area (Å²) in [6.07, 6.45) is -1.03. The van der Waals surface area contributed by atoms with Crippen molar-refractivity contribution in [3.8, 4) is 0 Å². The fourth-order valence-corrected chi connectivity index (χ4v) is 4.57. The van der Waals surface area contributed by atoms with Crippen LogP contribution in [0.5, 0.6) is 0 Å². The smallest absolute Gasteiger partial charge is 0.410 e. The number of halogens is 1. The standard InChI is InChI=1S/C23H29FN4O5.C2H6/c1-23(2,3)33-22(32)27-10-9-15(24)14(12-27)13-5-6-16-18(11-13)26(4)21(31)28(16)17-7-8-19(29)25-20(17)30;1-2/h5-6,11,14-15,17H,7-10,12H2,1-4H3,(H,25,29,30);1-2H3. The van der Waals surface area contributed by atoms with E-state index in [9.17, 15) is 23.6 Å². The first-order chi connectivity index (χ1) is 16.5. The highest BCUT2D eigenvalue weighted by Crippen LogP contribution is 2.33. The molecule has 2 aliphatic rings. The van der Waals surface area contributed by atoms with Crippen LogP contribution in [-0.4, -0.2) is 56.8 Å². The number of alkyl halides is 1. The first-order valence-electron chi connectivity index (χ1n) is 12.1. The number of ether oxygens (including phenoxy) is 1. The van der Waals surface area contributed by atoms with Gasteiger partial charge < -0.3 is 9.64 Å². The van der Waals surface area contributed by atoms with Gasteiger partial charge in [-0.25, -0.2) is 14.0 Å². The summed E-state index contributed by atoms with van der Waals surface area (Å²) in [5.74, 6) is -1.42. The summed E-state index contributed by atoms with van der Waals surface area (Å²) in [5.41, 5.74) is 0.737. The van der Waals surface area contributed by atoms with Gasteiger partial charge in [0.2, 0.25) is 11.8 Å². The molecule has 3 amide bonds. The van der Waals surface area contributed by atoms with Crippen molar-refractivity contribution in [2.24, 2.45) is 7.05 Å². The summed E-state index contributed by atoms with van der Waals surface area (Å²) in [7, 11) is 1.59. The molecule has 35 heavy (non-hydrogen) atoms. The van der Waals surface area contributed by atoms with Crippen molar-refractivity contribution in [1.82, 2.24) is 19.4 Å². The Morgan fingerprint density at radius 1 is 1.11 bits per heavy atom. The number of nitrogens with one attached hydrogen (secondary N) is 1. The molecule has 3 atom stereocenters. The third kappa shape index (κ3) is 5.41. The van der Waals surface area contributed by atoms with Crippen molar-refractivity contribution in [2.45, 2.75) is 77.6 Å². The number of fused-ring (bicyclic) bond motifs is 1. The average molecular weight is 491 g/mol. The van der Waals surface area contributed by atoms with Crippen molar-refractivity contribution in [3.63, 3.8) is 0 Å². The van der Waals surface area contributed by atoms with Gasteiger partial charge in [0.1, 0.15) is 17.8 Å². The van der Waals surface area contributed by atoms with Crippen LogP contribution in [0.3, 0.4) is 0 Å². The van der Waals surface area contributed by atoms with Crippen molar-refractivity contribution in [3.05, 3.63) is 34.2 Å². The van der Waals surface area contributed by atoms with Gasteiger partial charge >= 0.3 is 11.8 Å². The highest BCUT2D eigenvalue weighted by molar-refractivity contribution is 6.00. The second-order valence-electron chi connectivity index (χ2n) is 9.76. The molecule has 9 nitrogen and oxygen atoms in total. The van der Waals surface area contributed by atoms with Crippen LogP contribution in [-0.2, 0) is 21.4 Å². The summed E-state index contributed by atoms with van der Waals surface area (Å²) in [6.45, 7) is 9.80. The lowest BCUT2D eigenvalue weighted by Crippen LogP contribution is -2.45. The number of benzene rings is 1. The second-order valence-corrected chi connectivity index (χ2v) is 9.76. The van der Waals surface area contributed by atoms with Gasteiger partial charge in [0.05, 0.1) is 11.0 Å². The fraction of sp³-hybridized carbons (Fsp3) is 0.600. The number of imide groups is 1. The zero-order chi connectivity index (χ0) is 26.1. The van der Waals surface area contributed by atoms with Gasteiger partial charge in [-0.15, -0.1) is 0 Å². The largest absolute Gasteiger partial charge is 0.444 e. The molecule has 2 saturated heterocycles. The summed E-state index contributed by atoms with van der Waals surface area (Å²) in [5, 5.41) is 2.28. The van der Waals surface area contributed by atoms with E-state index >= 15 is 0 Å². The highest BCUT2D eigenvalue weighted by atomic mass is 19.1. The van der Waals surface area contributed by atoms with Crippen LogP contribution in [0, 0.1) is 0 Å². The number of hydrogen-bond acceptors (Lipinski definition) is 5. The summed E-state index contributed by atoms with van der Waals surface area (Å²) >= 11 is 0. The SMILES string of the molecule is CC.Cn1c(=O)n(C2CCC(=O)NC2=O)c2ccc(C3CN(C(=O)OC(C)(C)C)CCC3F)cc21. The van der Waals surface area contributed by atoms with Crippen molar-refractivity contribution >= 4 is 28.9 Å². The topological polar surface area (TPSA) is 103 Å². The van der Waals surface area contributed by atoms with E-state index in [0.29, 0.717) is 16.6 Å². The van der Waals surface area contributed by atoms with E-state index in [2.05, 4.69) is 5.32 Å². The number of imidazole rings is 1. The molecule has 2 aromatic rings. The normalized spacial score (nSPS) is 22.9. The molecule has 10 heteroatoms. The summed E-state index contributed by atoms with van der Waals surface area (Å²) in [4.78, 5) is 50.9. The minimum atomic E-state index is -1.14. The molecule has 4 rings (SSSR count). The number of piperidine rings is 2. The van der Waals surface area contributed by atoms with Crippen molar-refractivity contribution < 1.29 is 23.5 Å². The van der Waals surface area contributed by atoms with Gasteiger partial charge in [0.15, 0.2) is 0 Å². The summed E-state index contributed by atoms with van der Waals surface area (Å²) in [6, 6.07) is 4.40. The van der Waals surface area contributed by atoms with E-state index in [-0.39, 0.29) is 43.9 Å². The highest BCUT2D eigenvalue weighted by Gasteiger charge is 2.36. The van der Waals surface area contributed by atoms with Crippen molar-refractivity contribution in [2.75, 3.05) is 13.1 Å². The van der Waals surface area contributed by atoms with E-state index in [0.717, 1.165) is 0 Å². The number of carbonyl (C=O) groups excluding carboxylic acids is 3. The molecule has 2 aliphatic heterocycles. The fourth-order valence-electron chi connectivity index (χ4n) is 4.57. The Balaban J connectivity index is 0.00000167. The molecular formula is C25H35FN4O5. The predicted octanol–water partition coefficient (Wildman–Crippen LogP) is 3.41. The van der Waals surface area contributed by atoms with Crippen LogP contribution in [0.1, 0.15) is 71.4 Å². The number of likely N-dealkylation sites (tertiary alicyclic amines) is 1. The third-order valence-electron chi connectivity index (χ3n) is 6.24. The van der Waals surface area contributed by atoms with Crippen LogP contribution < -0.4 is 11.0 Å². The molecule has 2 fully saturated rings. The molecule has 0 saturated carbocycles. The Labute approximate surface area is 204 Å². The number of rotatable bonds is 2. The molecule has 192 valence electrons. The van der Waals surface area contributed by atoms with Crippen LogP contribution in [0.25, 0.3) is 11.0 Å². The number of aryl methyl sites for hydroxylation is 1. The Hall–Kier alpha value is -3.17. The van der Waals surface area contributed by atoms with Gasteiger partial charge in [0.25, 0.3) is 0 Å². The minimum Gasteiger partial charge on any atom is -0.444 e. The van der Waals surface area contributed by atoms with Crippen LogP contribution >= 0.6 is 0 Å². The van der Waals surface area contributed by atoms with E-state index in [4.69, 9.17) is 4.74 Å². The predicted molar refractivity (Wildman–Crippen MR) is 130 cm³/mol. The van der Waals surface area contributed by atoms with Gasteiger partial charge in [-0.1, -0.05) is 19.9 Å². The van der Waals surface area contributed by atoms with Crippen molar-refractivity contribution in [1.29, 1.82) is 0 Å². The Morgan fingerprint density at radius 3 is 2.43 bits per heavy atom. The molecule has 0 radical (unpaired) electrons. The molecule has 3 heterocycles. The van der Waals surface area contributed by atoms with Crippen LogP contribution in [0.15, 0.2) is 23.0 Å². The molecule has 1 aromatic carbocycles. The molecule has 3 unspecified atom stereocenters. The monoisotopic (exact) mass is 490 g/mol. The lowest BCUT2D eigenvalue weighted by Gasteiger charge is -2.36. The number of amides is 3. The number of nitrogens with zero attached hydrogens (tertiary/aromatic N) is 3. The first kappa shape index (κ1) is 26.4. The van der Waals surface area contributed by atoms with Crippen LogP contribution in [0.4, 0.5) is 9.18 Å². The molecular weight excluding hydrogens is 455 g/mol. The maximum Gasteiger partial charge on any atom is 0.410 e. The number of aromatic nitrogens is 2. The minimum absolute atomic E-state index is 0.156. The average Bonchev–Trinajstić information content (AvgIpc) is 3.04. The first-order valence-corrected chi connectivity index (χ1v) is 12.1. The zero-order valence-corrected chi connectivity index (χ0v) is 21.3. The van der Waals surface area contributed by atoms with Gasteiger partial charge in [-0.3, -0.25) is 24.0 Å². The lowest BCUT2D eigenvalue weighted by atomic mass is 9.89. The molecule has 0 bridgehead atoms. The number of hydrogen-bond donors (Lipinski definition) is 1. The molecule has 1 aromatic heterocycles.